The number of nitrogens with zero attached hydrogens (tertiary/aromatic N) is 14. The molecule has 0 unspecified atom stereocenters. The Morgan fingerprint density at radius 2 is 0.773 bits per heavy atom. The minimum atomic E-state index is -1.22. The maximum Gasteiger partial charge on any atom is 0.410 e. The van der Waals surface area contributed by atoms with Gasteiger partial charge in [-0.3, -0.25) is 14.4 Å². The number of carboxylic acid groups (broad SMARTS) is 1. The highest BCUT2D eigenvalue weighted by molar-refractivity contribution is 7.16. The SMILES string of the molecule is CC(C)(C)OC(=O)N1CCN(c2cccc(F)n2)CC1.CC(C)(C)OC(=O)N1CCNCC1.COc1ccc(-n2nc(C(=O)N3CCN(c4cccc(F)n4)CC3)c3csc(N)c3c2=O)cc1.COc1ccc(-n2nc(C(=O)O)c3csc(N)c3c2=O)cc1.Fc1cccc(F)n1.Fc1cccc(N2CCNCC2)n1. The van der Waals surface area contributed by atoms with Gasteiger partial charge in [0.2, 0.25) is 29.7 Å². The molecule has 110 heavy (non-hydrogen) atoms. The summed E-state index contributed by atoms with van der Waals surface area (Å²) in [4.78, 5) is 99.5. The minimum absolute atomic E-state index is 0.163. The number of fused-ring (bicyclic) bond motifs is 2. The quantitative estimate of drug-likeness (QED) is 0.0663. The van der Waals surface area contributed by atoms with Crippen LogP contribution in [-0.4, -0.2) is 214 Å². The van der Waals surface area contributed by atoms with Crippen molar-refractivity contribution in [2.75, 3.05) is 145 Å². The second-order valence-electron chi connectivity index (χ2n) is 26.5. The Morgan fingerprint density at radius 1 is 0.445 bits per heavy atom. The molecule has 4 aliphatic heterocycles. The summed E-state index contributed by atoms with van der Waals surface area (Å²) >= 11 is 2.32. The van der Waals surface area contributed by atoms with Crippen LogP contribution in [0.1, 0.15) is 62.5 Å². The molecule has 0 spiro atoms. The number of carboxylic acids is 1. The van der Waals surface area contributed by atoms with Crippen molar-refractivity contribution in [3.05, 3.63) is 194 Å². The van der Waals surface area contributed by atoms with E-state index in [0.29, 0.717) is 97.3 Å². The molecule has 14 rings (SSSR count). The molecule has 0 aliphatic carbocycles. The second kappa shape index (κ2) is 37.9. The molecule has 4 fully saturated rings. The molecule has 4 saturated heterocycles. The Kier molecular flexibility index (Phi) is 28.4. The first-order chi connectivity index (χ1) is 52.5. The molecule has 29 nitrogen and oxygen atoms in total. The predicted octanol–water partition coefficient (Wildman–Crippen LogP) is 9.37. The summed E-state index contributed by atoms with van der Waals surface area (Å²) in [6.45, 7) is 22.2. The van der Waals surface area contributed by atoms with Crippen LogP contribution in [0.5, 0.6) is 11.5 Å². The number of halogens is 5. The number of nitrogens with two attached hydrogens (primary N) is 2. The fourth-order valence-electron chi connectivity index (χ4n) is 11.2. The zero-order valence-corrected chi connectivity index (χ0v) is 63.3. The molecule has 584 valence electrons. The molecule has 12 heterocycles. The number of benzene rings is 2. The van der Waals surface area contributed by atoms with Crippen molar-refractivity contribution in [3.8, 4) is 22.9 Å². The standard InChI is InChI=1S/C23H21FN6O3S.C14H20FN3O2.C14H11N3O4S.C9H12FN3.C9H18N2O2.C5H3F2N/c1-33-15-7-5-14(6-8-15)30-22(31)19-16(13-34-21(19)25)20(27-30)23(32)29-11-9-28(10-12-29)18-4-2-3-17(24)26-18;1-14(2,3)20-13(19)18-9-7-17(8-10-18)12-6-4-5-11(15)16-12;1-21-8-4-2-7(3-5-8)17-13(18)10-9(6-22-12(10)15)11(16-17)14(19)20;10-8-2-1-3-9(12-8)13-6-4-11-5-7-13;1-9(2,3)13-8(12)11-6-4-10-5-7-11;6-4-2-1-3-5(7)8-4/h2-8,13H,9-12,25H2,1H3;4-6H,7-10H2,1-3H3;2-6H,15H2,1H3,(H,19,20);1-3,11H,4-7H2;10H,4-7H2,1-3H3;1-3H. The van der Waals surface area contributed by atoms with Crippen LogP contribution >= 0.6 is 22.7 Å². The van der Waals surface area contributed by atoms with Crippen LogP contribution in [0.3, 0.4) is 0 Å². The van der Waals surface area contributed by atoms with Gasteiger partial charge in [0.1, 0.15) is 40.2 Å². The van der Waals surface area contributed by atoms with E-state index in [-0.39, 0.29) is 56.2 Å². The van der Waals surface area contributed by atoms with Gasteiger partial charge in [0.05, 0.1) is 46.4 Å². The number of hydrogen-bond donors (Lipinski definition) is 5. The van der Waals surface area contributed by atoms with Gasteiger partial charge < -0.3 is 75.6 Å². The fraction of sp³-hybridized carbons (Fsp3) is 0.351. The molecular weight excluding hydrogens is 1480 g/mol. The molecule has 0 radical (unpaired) electrons. The number of anilines is 5. The van der Waals surface area contributed by atoms with Gasteiger partial charge in [0.15, 0.2) is 11.4 Å². The summed E-state index contributed by atoms with van der Waals surface area (Å²) in [5.74, 6) is -1.40. The van der Waals surface area contributed by atoms with Crippen LogP contribution < -0.4 is 57.4 Å². The van der Waals surface area contributed by atoms with Gasteiger partial charge in [-0.25, -0.2) is 29.3 Å². The van der Waals surface area contributed by atoms with E-state index in [0.717, 1.165) is 86.3 Å². The number of piperazine rings is 4. The molecule has 2 aromatic carbocycles. The number of nitrogens with one attached hydrogen (secondary N) is 2. The Labute approximate surface area is 637 Å². The van der Waals surface area contributed by atoms with Crippen LogP contribution in [0.4, 0.5) is 59.0 Å². The summed E-state index contributed by atoms with van der Waals surface area (Å²) < 4.78 is 86.0. The third-order valence-corrected chi connectivity index (χ3v) is 18.2. The van der Waals surface area contributed by atoms with Crippen molar-refractivity contribution in [2.45, 2.75) is 52.7 Å². The molecule has 10 aromatic rings. The number of carbonyl (C=O) groups is 4. The Bertz CT molecular complexity index is 4890. The van der Waals surface area contributed by atoms with Crippen LogP contribution in [0.2, 0.25) is 0 Å². The topological polar surface area (TPSA) is 342 Å². The lowest BCUT2D eigenvalue weighted by Crippen LogP contribution is -2.50. The highest BCUT2D eigenvalue weighted by atomic mass is 32.1. The number of amides is 3. The number of ether oxygens (including phenoxy) is 4. The molecule has 0 bridgehead atoms. The van der Waals surface area contributed by atoms with Gasteiger partial charge in [0, 0.05) is 126 Å². The lowest BCUT2D eigenvalue weighted by atomic mass is 10.2. The lowest BCUT2D eigenvalue weighted by molar-refractivity contribution is 0.0223. The highest BCUT2D eigenvalue weighted by Crippen LogP contribution is 2.31. The molecule has 8 aromatic heterocycles. The number of pyridine rings is 4. The van der Waals surface area contributed by atoms with E-state index < -0.39 is 52.4 Å². The predicted molar refractivity (Wildman–Crippen MR) is 410 cm³/mol. The van der Waals surface area contributed by atoms with E-state index in [1.807, 2.05) is 57.4 Å². The summed E-state index contributed by atoms with van der Waals surface area (Å²) in [6.07, 6.45) is -0.502. The fourth-order valence-corrected chi connectivity index (χ4v) is 12.7. The van der Waals surface area contributed by atoms with Crippen LogP contribution in [-0.2, 0) is 9.47 Å². The largest absolute Gasteiger partial charge is 0.497 e. The van der Waals surface area contributed by atoms with E-state index in [4.69, 9.17) is 30.4 Å². The first-order valence-corrected chi connectivity index (χ1v) is 36.4. The van der Waals surface area contributed by atoms with Gasteiger partial charge in [-0.2, -0.15) is 46.5 Å². The molecule has 3 amide bonds. The lowest BCUT2D eigenvalue weighted by Gasteiger charge is -2.36. The average Bonchev–Trinajstić information content (AvgIpc) is 1.55. The van der Waals surface area contributed by atoms with E-state index in [1.54, 1.807) is 106 Å². The van der Waals surface area contributed by atoms with Crippen molar-refractivity contribution >= 4 is 95.7 Å². The maximum atomic E-state index is 13.5. The third-order valence-electron chi connectivity index (χ3n) is 16.5. The van der Waals surface area contributed by atoms with Gasteiger partial charge in [-0.05, 0) is 139 Å². The van der Waals surface area contributed by atoms with Crippen molar-refractivity contribution in [1.82, 2.24) is 64.8 Å². The summed E-state index contributed by atoms with van der Waals surface area (Å²) in [5.41, 5.74) is 11.1. The number of rotatable bonds is 9. The van der Waals surface area contributed by atoms with Crippen molar-refractivity contribution in [1.29, 1.82) is 0 Å². The smallest absolute Gasteiger partial charge is 0.410 e. The van der Waals surface area contributed by atoms with Gasteiger partial charge in [-0.1, -0.05) is 24.3 Å². The number of thiophene rings is 2. The molecule has 36 heteroatoms. The van der Waals surface area contributed by atoms with Gasteiger partial charge in [0.25, 0.3) is 17.0 Å². The second-order valence-corrected chi connectivity index (χ2v) is 28.4. The normalized spacial score (nSPS) is 14.3. The van der Waals surface area contributed by atoms with E-state index in [1.165, 1.54) is 52.8 Å². The van der Waals surface area contributed by atoms with Crippen molar-refractivity contribution in [3.63, 3.8) is 0 Å². The molecule has 4 aliphatic rings. The summed E-state index contributed by atoms with van der Waals surface area (Å²) in [7, 11) is 3.08. The molecule has 7 N–H and O–H groups in total. The van der Waals surface area contributed by atoms with E-state index in [9.17, 15) is 55.8 Å². The molecule has 0 atom stereocenters. The summed E-state index contributed by atoms with van der Waals surface area (Å²) in [5, 5.41) is 29.1. The number of aromatic carboxylic acids is 1. The zero-order chi connectivity index (χ0) is 79.4. The molecule has 0 saturated carbocycles. The van der Waals surface area contributed by atoms with Crippen LogP contribution in [0.15, 0.2) is 142 Å². The number of methoxy groups -OCH3 is 2. The number of hydrogen-bond acceptors (Lipinski definition) is 25. The minimum Gasteiger partial charge on any atom is -0.497 e. The summed E-state index contributed by atoms with van der Waals surface area (Å²) in [6, 6.07) is 31.1. The van der Waals surface area contributed by atoms with Crippen molar-refractivity contribution in [2.24, 2.45) is 0 Å². The monoisotopic (exact) mass is 1560 g/mol. The number of aromatic nitrogens is 8. The van der Waals surface area contributed by atoms with Crippen LogP contribution in [0.25, 0.3) is 32.9 Å². The maximum absolute atomic E-state index is 13.5. The zero-order valence-electron chi connectivity index (χ0n) is 61.7. The first-order valence-electron chi connectivity index (χ1n) is 34.7. The average molecular weight is 1560 g/mol. The Balaban J connectivity index is 0.000000161. The molecular formula is C74H85F5N18O11S2. The first kappa shape index (κ1) is 82.4. The van der Waals surface area contributed by atoms with Gasteiger partial charge >= 0.3 is 18.2 Å². The number of nitrogen functional groups attached to an aromatic ring is 2. The number of carbonyl (C=O) groups excluding carboxylic acids is 3. The Hall–Kier alpha value is -11.6. The highest BCUT2D eigenvalue weighted by Gasteiger charge is 2.30. The third kappa shape index (κ3) is 22.7. The van der Waals surface area contributed by atoms with Gasteiger partial charge in [-0.15, -0.1) is 22.7 Å². The van der Waals surface area contributed by atoms with E-state index >= 15 is 0 Å². The Morgan fingerprint density at radius 3 is 1.12 bits per heavy atom. The van der Waals surface area contributed by atoms with Crippen molar-refractivity contribution < 1.29 is 65.2 Å². The van der Waals surface area contributed by atoms with E-state index in [2.05, 4.69) is 45.7 Å². The van der Waals surface area contributed by atoms with Crippen LogP contribution in [0, 0.1) is 29.7 Å².